The average Bonchev–Trinajstić information content (AvgIpc) is 2.27. The highest BCUT2D eigenvalue weighted by atomic mass is 19.1. The van der Waals surface area contributed by atoms with Gasteiger partial charge in [-0.05, 0) is 25.1 Å². The highest BCUT2D eigenvalue weighted by Crippen LogP contribution is 2.24. The Labute approximate surface area is 98.3 Å². The van der Waals surface area contributed by atoms with Crippen molar-refractivity contribution in [3.63, 3.8) is 0 Å². The molecule has 2 N–H and O–H groups in total. The zero-order valence-electron chi connectivity index (χ0n) is 9.57. The predicted octanol–water partition coefficient (Wildman–Crippen LogP) is 2.18. The van der Waals surface area contributed by atoms with E-state index in [2.05, 4.69) is 9.97 Å². The monoisotopic (exact) mass is 233 g/mol. The van der Waals surface area contributed by atoms with Crippen LogP contribution in [0.25, 0.3) is 11.3 Å². The number of ether oxygens (including phenoxy) is 1. The Morgan fingerprint density at radius 3 is 2.59 bits per heavy atom. The number of methoxy groups -OCH3 is 1. The lowest BCUT2D eigenvalue weighted by molar-refractivity contribution is 0.386. The van der Waals surface area contributed by atoms with E-state index in [4.69, 9.17) is 10.5 Å². The van der Waals surface area contributed by atoms with Crippen LogP contribution < -0.4 is 10.5 Å². The van der Waals surface area contributed by atoms with Crippen LogP contribution in [-0.4, -0.2) is 17.1 Å². The fourth-order valence-corrected chi connectivity index (χ4v) is 1.56. The highest BCUT2D eigenvalue weighted by Gasteiger charge is 2.07. The van der Waals surface area contributed by atoms with E-state index in [0.29, 0.717) is 22.9 Å². The van der Waals surface area contributed by atoms with Crippen LogP contribution in [0.2, 0.25) is 0 Å². The summed E-state index contributed by atoms with van der Waals surface area (Å²) in [5.74, 6) is 0.687. The molecule has 0 saturated heterocycles. The SMILES string of the molecule is COc1ccc(-c2cc(N)nc(C)n2)cc1F. The second-order valence-electron chi connectivity index (χ2n) is 3.57. The second kappa shape index (κ2) is 4.37. The number of benzene rings is 1. The fourth-order valence-electron chi connectivity index (χ4n) is 1.56. The van der Waals surface area contributed by atoms with Crippen molar-refractivity contribution in [1.82, 2.24) is 9.97 Å². The summed E-state index contributed by atoms with van der Waals surface area (Å²) in [4.78, 5) is 8.17. The van der Waals surface area contributed by atoms with E-state index in [1.165, 1.54) is 13.2 Å². The summed E-state index contributed by atoms with van der Waals surface area (Å²) in [6.45, 7) is 1.74. The number of anilines is 1. The molecule has 2 rings (SSSR count). The summed E-state index contributed by atoms with van der Waals surface area (Å²) >= 11 is 0. The van der Waals surface area contributed by atoms with E-state index < -0.39 is 5.82 Å². The van der Waals surface area contributed by atoms with E-state index >= 15 is 0 Å². The van der Waals surface area contributed by atoms with Gasteiger partial charge in [-0.1, -0.05) is 0 Å². The van der Waals surface area contributed by atoms with Gasteiger partial charge in [0, 0.05) is 11.6 Å². The number of hydrogen-bond acceptors (Lipinski definition) is 4. The molecule has 0 fully saturated rings. The molecular weight excluding hydrogens is 221 g/mol. The van der Waals surface area contributed by atoms with Crippen LogP contribution in [0.5, 0.6) is 5.75 Å². The first-order valence-corrected chi connectivity index (χ1v) is 5.05. The van der Waals surface area contributed by atoms with E-state index in [9.17, 15) is 4.39 Å². The molecular formula is C12H12FN3O. The van der Waals surface area contributed by atoms with Crippen molar-refractivity contribution in [2.24, 2.45) is 0 Å². The smallest absolute Gasteiger partial charge is 0.165 e. The maximum atomic E-state index is 13.5. The number of rotatable bonds is 2. The molecule has 0 unspecified atom stereocenters. The van der Waals surface area contributed by atoms with Crippen molar-refractivity contribution in [3.05, 3.63) is 35.9 Å². The number of hydrogen-bond donors (Lipinski definition) is 1. The summed E-state index contributed by atoms with van der Waals surface area (Å²) in [5.41, 5.74) is 6.85. The van der Waals surface area contributed by atoms with Gasteiger partial charge >= 0.3 is 0 Å². The quantitative estimate of drug-likeness (QED) is 0.863. The van der Waals surface area contributed by atoms with Gasteiger partial charge < -0.3 is 10.5 Å². The average molecular weight is 233 g/mol. The van der Waals surface area contributed by atoms with Gasteiger partial charge in [-0.3, -0.25) is 0 Å². The second-order valence-corrected chi connectivity index (χ2v) is 3.57. The van der Waals surface area contributed by atoms with Gasteiger partial charge in [-0.15, -0.1) is 0 Å². The molecule has 0 amide bonds. The molecule has 1 aromatic carbocycles. The Balaban J connectivity index is 2.49. The molecule has 0 atom stereocenters. The third-order valence-electron chi connectivity index (χ3n) is 2.31. The molecule has 88 valence electrons. The minimum atomic E-state index is -0.431. The molecule has 0 spiro atoms. The van der Waals surface area contributed by atoms with E-state index in [0.717, 1.165) is 0 Å². The van der Waals surface area contributed by atoms with Gasteiger partial charge in [-0.25, -0.2) is 14.4 Å². The van der Waals surface area contributed by atoms with Gasteiger partial charge in [-0.2, -0.15) is 0 Å². The van der Waals surface area contributed by atoms with E-state index in [1.54, 1.807) is 25.1 Å². The normalized spacial score (nSPS) is 10.3. The summed E-state index contributed by atoms with van der Waals surface area (Å²) in [6.07, 6.45) is 0. The molecule has 0 aliphatic carbocycles. The Bertz CT molecular complexity index is 537. The third kappa shape index (κ3) is 2.33. The van der Waals surface area contributed by atoms with E-state index in [-0.39, 0.29) is 5.75 Å². The Morgan fingerprint density at radius 1 is 1.24 bits per heavy atom. The topological polar surface area (TPSA) is 61.0 Å². The fraction of sp³-hybridized carbons (Fsp3) is 0.167. The zero-order valence-corrected chi connectivity index (χ0v) is 9.57. The molecule has 0 bridgehead atoms. The number of halogens is 1. The number of nitrogens with zero attached hydrogens (tertiary/aromatic N) is 2. The summed E-state index contributed by atoms with van der Waals surface area (Å²) in [5, 5.41) is 0. The minimum absolute atomic E-state index is 0.201. The Kier molecular flexibility index (Phi) is 2.91. The van der Waals surface area contributed by atoms with Crippen molar-refractivity contribution in [2.75, 3.05) is 12.8 Å². The molecule has 0 saturated carbocycles. The Hall–Kier alpha value is -2.17. The van der Waals surface area contributed by atoms with Crippen molar-refractivity contribution in [2.45, 2.75) is 6.92 Å². The van der Waals surface area contributed by atoms with Crippen LogP contribution in [0.1, 0.15) is 5.82 Å². The van der Waals surface area contributed by atoms with Crippen molar-refractivity contribution >= 4 is 5.82 Å². The van der Waals surface area contributed by atoms with Gasteiger partial charge in [0.15, 0.2) is 11.6 Å². The first-order valence-electron chi connectivity index (χ1n) is 5.05. The minimum Gasteiger partial charge on any atom is -0.494 e. The van der Waals surface area contributed by atoms with Crippen molar-refractivity contribution < 1.29 is 9.13 Å². The molecule has 0 aliphatic heterocycles. The number of nitrogen functional groups attached to an aromatic ring is 1. The molecule has 0 aliphatic rings. The molecule has 1 aromatic heterocycles. The molecule has 4 nitrogen and oxygen atoms in total. The molecule has 17 heavy (non-hydrogen) atoms. The summed E-state index contributed by atoms with van der Waals surface area (Å²) in [7, 11) is 1.42. The van der Waals surface area contributed by atoms with Crippen LogP contribution in [0, 0.1) is 12.7 Å². The van der Waals surface area contributed by atoms with Crippen molar-refractivity contribution in [1.29, 1.82) is 0 Å². The van der Waals surface area contributed by atoms with Crippen molar-refractivity contribution in [3.8, 4) is 17.0 Å². The Morgan fingerprint density at radius 2 is 2.00 bits per heavy atom. The number of aromatic nitrogens is 2. The van der Waals surface area contributed by atoms with Gasteiger partial charge in [0.2, 0.25) is 0 Å². The largest absolute Gasteiger partial charge is 0.494 e. The lowest BCUT2D eigenvalue weighted by Crippen LogP contribution is -1.97. The predicted molar refractivity (Wildman–Crippen MR) is 63.1 cm³/mol. The van der Waals surface area contributed by atoms with Crippen LogP contribution in [-0.2, 0) is 0 Å². The summed E-state index contributed by atoms with van der Waals surface area (Å²) < 4.78 is 18.4. The number of aryl methyl sites for hydroxylation is 1. The molecule has 5 heteroatoms. The van der Waals surface area contributed by atoms with Crippen LogP contribution in [0.4, 0.5) is 10.2 Å². The van der Waals surface area contributed by atoms with Gasteiger partial charge in [0.25, 0.3) is 0 Å². The van der Waals surface area contributed by atoms with Crippen LogP contribution >= 0.6 is 0 Å². The maximum Gasteiger partial charge on any atom is 0.165 e. The maximum absolute atomic E-state index is 13.5. The van der Waals surface area contributed by atoms with E-state index in [1.807, 2.05) is 0 Å². The van der Waals surface area contributed by atoms with Gasteiger partial charge in [0.1, 0.15) is 11.6 Å². The summed E-state index contributed by atoms with van der Waals surface area (Å²) in [6, 6.07) is 6.25. The standard InChI is InChI=1S/C12H12FN3O/c1-7-15-10(6-12(14)16-7)8-3-4-11(17-2)9(13)5-8/h3-6H,1-2H3,(H2,14,15,16). The highest BCUT2D eigenvalue weighted by molar-refractivity contribution is 5.62. The lowest BCUT2D eigenvalue weighted by atomic mass is 10.1. The van der Waals surface area contributed by atoms with Crippen LogP contribution in [0.3, 0.4) is 0 Å². The molecule has 2 aromatic rings. The first-order chi connectivity index (χ1) is 8.10. The zero-order chi connectivity index (χ0) is 12.4. The molecule has 1 heterocycles. The third-order valence-corrected chi connectivity index (χ3v) is 2.31. The first kappa shape index (κ1) is 11.3. The number of nitrogens with two attached hydrogens (primary N) is 1. The lowest BCUT2D eigenvalue weighted by Gasteiger charge is -2.06. The molecule has 0 radical (unpaired) electrons. The van der Waals surface area contributed by atoms with Crippen LogP contribution in [0.15, 0.2) is 24.3 Å². The van der Waals surface area contributed by atoms with Gasteiger partial charge in [0.05, 0.1) is 12.8 Å².